The van der Waals surface area contributed by atoms with Crippen molar-refractivity contribution >= 4 is 16.7 Å². The SMILES string of the molecule is CC(Cc1ccc2ccccc2c1)C(=O)NCCCCCN. The van der Waals surface area contributed by atoms with Crippen molar-refractivity contribution < 1.29 is 4.79 Å². The van der Waals surface area contributed by atoms with Gasteiger partial charge in [-0.05, 0) is 42.1 Å². The fourth-order valence-electron chi connectivity index (χ4n) is 2.64. The molecule has 3 heteroatoms. The molecule has 0 saturated carbocycles. The average molecular weight is 298 g/mol. The molecule has 3 N–H and O–H groups in total. The predicted octanol–water partition coefficient (Wildman–Crippen LogP) is 3.26. The molecule has 118 valence electrons. The van der Waals surface area contributed by atoms with E-state index in [1.165, 1.54) is 16.3 Å². The lowest BCUT2D eigenvalue weighted by molar-refractivity contribution is -0.124. The molecule has 0 spiro atoms. The minimum atomic E-state index is -0.00401. The topological polar surface area (TPSA) is 55.1 Å². The van der Waals surface area contributed by atoms with Crippen molar-refractivity contribution in [2.75, 3.05) is 13.1 Å². The van der Waals surface area contributed by atoms with Gasteiger partial charge in [0.15, 0.2) is 0 Å². The highest BCUT2D eigenvalue weighted by atomic mass is 16.1. The molecule has 2 aromatic carbocycles. The molecular weight excluding hydrogens is 272 g/mol. The molecule has 0 aliphatic carbocycles. The van der Waals surface area contributed by atoms with Gasteiger partial charge >= 0.3 is 0 Å². The van der Waals surface area contributed by atoms with Gasteiger partial charge in [-0.25, -0.2) is 0 Å². The van der Waals surface area contributed by atoms with Crippen molar-refractivity contribution in [1.82, 2.24) is 5.32 Å². The highest BCUT2D eigenvalue weighted by Crippen LogP contribution is 2.18. The van der Waals surface area contributed by atoms with Gasteiger partial charge in [-0.2, -0.15) is 0 Å². The summed E-state index contributed by atoms with van der Waals surface area (Å²) in [5.41, 5.74) is 6.67. The van der Waals surface area contributed by atoms with Crippen LogP contribution in [-0.2, 0) is 11.2 Å². The Morgan fingerprint density at radius 1 is 1.09 bits per heavy atom. The van der Waals surface area contributed by atoms with Gasteiger partial charge in [-0.15, -0.1) is 0 Å². The van der Waals surface area contributed by atoms with Crippen molar-refractivity contribution in [3.63, 3.8) is 0 Å². The Bertz CT molecular complexity index is 609. The molecule has 1 unspecified atom stereocenters. The van der Waals surface area contributed by atoms with Crippen molar-refractivity contribution in [2.24, 2.45) is 11.7 Å². The van der Waals surface area contributed by atoms with Gasteiger partial charge in [0.1, 0.15) is 0 Å². The summed E-state index contributed by atoms with van der Waals surface area (Å²) >= 11 is 0. The molecule has 0 aliphatic heterocycles. The average Bonchev–Trinajstić information content (AvgIpc) is 2.54. The minimum absolute atomic E-state index is 0.00401. The van der Waals surface area contributed by atoms with E-state index in [-0.39, 0.29) is 11.8 Å². The van der Waals surface area contributed by atoms with Crippen molar-refractivity contribution in [3.8, 4) is 0 Å². The van der Waals surface area contributed by atoms with Gasteiger partial charge in [-0.3, -0.25) is 4.79 Å². The number of nitrogens with two attached hydrogens (primary N) is 1. The smallest absolute Gasteiger partial charge is 0.223 e. The van der Waals surface area contributed by atoms with Crippen LogP contribution in [0.5, 0.6) is 0 Å². The van der Waals surface area contributed by atoms with E-state index in [9.17, 15) is 4.79 Å². The molecule has 0 bridgehead atoms. The highest BCUT2D eigenvalue weighted by Gasteiger charge is 2.13. The number of amides is 1. The van der Waals surface area contributed by atoms with E-state index in [1.54, 1.807) is 0 Å². The third-order valence-electron chi connectivity index (χ3n) is 3.98. The number of hydrogen-bond donors (Lipinski definition) is 2. The standard InChI is InChI=1S/C19H26N2O/c1-15(19(22)21-12-6-2-5-11-20)13-16-9-10-17-7-3-4-8-18(17)14-16/h3-4,7-10,14-15H,2,5-6,11-13,20H2,1H3,(H,21,22). The minimum Gasteiger partial charge on any atom is -0.356 e. The second-order valence-electron chi connectivity index (χ2n) is 5.93. The highest BCUT2D eigenvalue weighted by molar-refractivity contribution is 5.83. The zero-order chi connectivity index (χ0) is 15.8. The maximum atomic E-state index is 12.1. The molecule has 0 saturated heterocycles. The van der Waals surface area contributed by atoms with Gasteiger partial charge in [0, 0.05) is 12.5 Å². The predicted molar refractivity (Wildman–Crippen MR) is 92.7 cm³/mol. The van der Waals surface area contributed by atoms with Crippen LogP contribution >= 0.6 is 0 Å². The largest absolute Gasteiger partial charge is 0.356 e. The molecule has 0 heterocycles. The Morgan fingerprint density at radius 2 is 1.86 bits per heavy atom. The summed E-state index contributed by atoms with van der Waals surface area (Å²) in [4.78, 5) is 12.1. The van der Waals surface area contributed by atoms with Gasteiger partial charge in [0.25, 0.3) is 0 Å². The number of fused-ring (bicyclic) bond motifs is 1. The molecule has 0 fully saturated rings. The number of nitrogens with one attached hydrogen (secondary N) is 1. The molecule has 0 radical (unpaired) electrons. The van der Waals surface area contributed by atoms with Gasteiger partial charge in [0.05, 0.1) is 0 Å². The first kappa shape index (κ1) is 16.5. The van der Waals surface area contributed by atoms with E-state index >= 15 is 0 Å². The Kier molecular flexibility index (Phi) is 6.41. The zero-order valence-corrected chi connectivity index (χ0v) is 13.3. The Morgan fingerprint density at radius 3 is 2.64 bits per heavy atom. The molecule has 0 aliphatic rings. The van der Waals surface area contributed by atoms with Crippen LogP contribution in [0.4, 0.5) is 0 Å². The summed E-state index contributed by atoms with van der Waals surface area (Å²) in [7, 11) is 0. The third-order valence-corrected chi connectivity index (χ3v) is 3.98. The first-order chi connectivity index (χ1) is 10.7. The lowest BCUT2D eigenvalue weighted by Gasteiger charge is -2.13. The monoisotopic (exact) mass is 298 g/mol. The van der Waals surface area contributed by atoms with E-state index in [1.807, 2.05) is 19.1 Å². The molecule has 3 nitrogen and oxygen atoms in total. The lowest BCUT2D eigenvalue weighted by Crippen LogP contribution is -2.31. The maximum Gasteiger partial charge on any atom is 0.223 e. The number of carbonyl (C=O) groups excluding carboxylic acids is 1. The molecule has 2 rings (SSSR count). The first-order valence-corrected chi connectivity index (χ1v) is 8.16. The van der Waals surface area contributed by atoms with Crippen molar-refractivity contribution in [1.29, 1.82) is 0 Å². The summed E-state index contributed by atoms with van der Waals surface area (Å²) < 4.78 is 0. The number of hydrogen-bond acceptors (Lipinski definition) is 2. The Labute approximate surface area is 132 Å². The summed E-state index contributed by atoms with van der Waals surface area (Å²) in [6.07, 6.45) is 3.89. The summed E-state index contributed by atoms with van der Waals surface area (Å²) in [6.45, 7) is 3.47. The number of rotatable bonds is 8. The van der Waals surface area contributed by atoms with Crippen molar-refractivity contribution in [2.45, 2.75) is 32.6 Å². The molecular formula is C19H26N2O. The summed E-state index contributed by atoms with van der Waals surface area (Å²) in [5.74, 6) is 0.136. The molecule has 0 aromatic heterocycles. The van der Waals surface area contributed by atoms with E-state index in [4.69, 9.17) is 5.73 Å². The molecule has 1 amide bonds. The van der Waals surface area contributed by atoms with E-state index in [0.717, 1.165) is 38.8 Å². The van der Waals surface area contributed by atoms with Crippen LogP contribution in [0.25, 0.3) is 10.8 Å². The summed E-state index contributed by atoms with van der Waals surface area (Å²) in [5, 5.41) is 5.49. The molecule has 1 atom stereocenters. The second-order valence-corrected chi connectivity index (χ2v) is 5.93. The van der Waals surface area contributed by atoms with Crippen LogP contribution in [0, 0.1) is 5.92 Å². The lowest BCUT2D eigenvalue weighted by atomic mass is 9.98. The fourth-order valence-corrected chi connectivity index (χ4v) is 2.64. The van der Waals surface area contributed by atoms with Gasteiger partial charge < -0.3 is 11.1 Å². The van der Waals surface area contributed by atoms with E-state index < -0.39 is 0 Å². The second kappa shape index (κ2) is 8.54. The van der Waals surface area contributed by atoms with Crippen LogP contribution in [-0.4, -0.2) is 19.0 Å². The number of carbonyl (C=O) groups is 1. The van der Waals surface area contributed by atoms with Crippen LogP contribution in [0.3, 0.4) is 0 Å². The van der Waals surface area contributed by atoms with E-state index in [2.05, 4.69) is 35.6 Å². The summed E-state index contributed by atoms with van der Waals surface area (Å²) in [6, 6.07) is 14.7. The fraction of sp³-hybridized carbons (Fsp3) is 0.421. The number of benzene rings is 2. The van der Waals surface area contributed by atoms with Gasteiger partial charge in [-0.1, -0.05) is 55.8 Å². The Hall–Kier alpha value is -1.87. The van der Waals surface area contributed by atoms with Crippen molar-refractivity contribution in [3.05, 3.63) is 48.0 Å². The Balaban J connectivity index is 1.84. The maximum absolute atomic E-state index is 12.1. The van der Waals surface area contributed by atoms with Crippen LogP contribution in [0.1, 0.15) is 31.7 Å². The van der Waals surface area contributed by atoms with E-state index in [0.29, 0.717) is 0 Å². The first-order valence-electron chi connectivity index (χ1n) is 8.16. The molecule has 2 aromatic rings. The van der Waals surface area contributed by atoms with Gasteiger partial charge in [0.2, 0.25) is 5.91 Å². The van der Waals surface area contributed by atoms with Crippen LogP contribution in [0.15, 0.2) is 42.5 Å². The number of unbranched alkanes of at least 4 members (excludes halogenated alkanes) is 2. The van der Waals surface area contributed by atoms with Crippen LogP contribution in [0.2, 0.25) is 0 Å². The normalized spacial score (nSPS) is 12.3. The molecule has 22 heavy (non-hydrogen) atoms. The third kappa shape index (κ3) is 4.85. The van der Waals surface area contributed by atoms with Crippen LogP contribution < -0.4 is 11.1 Å². The quantitative estimate of drug-likeness (QED) is 0.735. The zero-order valence-electron chi connectivity index (χ0n) is 13.3.